The molecule has 3 aromatic rings. The largest absolute Gasteiger partial charge is 0.497 e. The van der Waals surface area contributed by atoms with Crippen molar-refractivity contribution in [3.8, 4) is 5.75 Å². The third-order valence-electron chi connectivity index (χ3n) is 6.26. The molecular weight excluding hydrogens is 396 g/mol. The second-order valence-electron chi connectivity index (χ2n) is 8.48. The summed E-state index contributed by atoms with van der Waals surface area (Å²) in [7, 11) is 1.69. The Kier molecular flexibility index (Phi) is 7.44. The number of nitrogens with zero attached hydrogens (tertiary/aromatic N) is 2. The normalized spacial score (nSPS) is 14.5. The van der Waals surface area contributed by atoms with Crippen molar-refractivity contribution >= 4 is 12.0 Å². The molecule has 1 aromatic heterocycles. The molecule has 1 aliphatic rings. The minimum absolute atomic E-state index is 0.0925. The van der Waals surface area contributed by atoms with Gasteiger partial charge in [-0.05, 0) is 54.3 Å². The summed E-state index contributed by atoms with van der Waals surface area (Å²) in [5, 5.41) is 0. The summed E-state index contributed by atoms with van der Waals surface area (Å²) in [4.78, 5) is 15.4. The first-order chi connectivity index (χ1) is 15.7. The molecule has 1 heterocycles. The average molecular weight is 429 g/mol. The van der Waals surface area contributed by atoms with Crippen LogP contribution < -0.4 is 4.74 Å². The average Bonchev–Trinajstić information content (AvgIpc) is 3.28. The number of amides is 1. The van der Waals surface area contributed by atoms with Crippen LogP contribution in [0.4, 0.5) is 0 Å². The van der Waals surface area contributed by atoms with Crippen LogP contribution in [0.5, 0.6) is 5.75 Å². The predicted octanol–water partition coefficient (Wildman–Crippen LogP) is 5.92. The van der Waals surface area contributed by atoms with Crippen LogP contribution in [0.15, 0.2) is 79.0 Å². The van der Waals surface area contributed by atoms with Gasteiger partial charge in [-0.15, -0.1) is 0 Å². The summed E-state index contributed by atoms with van der Waals surface area (Å²) >= 11 is 0. The molecule has 2 aromatic carbocycles. The van der Waals surface area contributed by atoms with Crippen LogP contribution in [0, 0.1) is 0 Å². The van der Waals surface area contributed by atoms with E-state index in [0.29, 0.717) is 12.6 Å². The summed E-state index contributed by atoms with van der Waals surface area (Å²) in [5.74, 6) is 0.955. The van der Waals surface area contributed by atoms with E-state index in [1.165, 1.54) is 24.8 Å². The van der Waals surface area contributed by atoms with Gasteiger partial charge in [0.1, 0.15) is 5.75 Å². The Hall–Kier alpha value is -3.27. The van der Waals surface area contributed by atoms with Gasteiger partial charge in [0.15, 0.2) is 0 Å². The Labute approximate surface area is 191 Å². The maximum Gasteiger partial charge on any atom is 0.247 e. The molecule has 1 fully saturated rings. The molecule has 0 radical (unpaired) electrons. The molecule has 1 saturated carbocycles. The molecule has 1 aliphatic carbocycles. The highest BCUT2D eigenvalue weighted by molar-refractivity contribution is 5.92. The highest BCUT2D eigenvalue weighted by Crippen LogP contribution is 2.25. The van der Waals surface area contributed by atoms with Crippen LogP contribution in [0.2, 0.25) is 0 Å². The maximum absolute atomic E-state index is 13.3. The van der Waals surface area contributed by atoms with E-state index in [4.69, 9.17) is 4.74 Å². The van der Waals surface area contributed by atoms with Gasteiger partial charge in [0.2, 0.25) is 5.91 Å². The molecule has 1 amide bonds. The SMILES string of the molecule is COc1cccc(Cn2cccc2CN(C(=O)C=Cc2ccccc2)C2CCCCC2)c1. The van der Waals surface area contributed by atoms with Gasteiger partial charge in [0.05, 0.1) is 13.7 Å². The van der Waals surface area contributed by atoms with Crippen LogP contribution in [0.25, 0.3) is 6.08 Å². The van der Waals surface area contributed by atoms with E-state index in [0.717, 1.165) is 36.4 Å². The molecule has 32 heavy (non-hydrogen) atoms. The molecule has 0 aliphatic heterocycles. The topological polar surface area (TPSA) is 34.5 Å². The summed E-state index contributed by atoms with van der Waals surface area (Å²) < 4.78 is 7.61. The Morgan fingerprint density at radius 1 is 1.03 bits per heavy atom. The number of benzene rings is 2. The second-order valence-corrected chi connectivity index (χ2v) is 8.48. The Morgan fingerprint density at radius 3 is 2.62 bits per heavy atom. The van der Waals surface area contributed by atoms with E-state index >= 15 is 0 Å². The number of carbonyl (C=O) groups is 1. The Balaban J connectivity index is 1.53. The highest BCUT2D eigenvalue weighted by atomic mass is 16.5. The lowest BCUT2D eigenvalue weighted by molar-refractivity contribution is -0.129. The van der Waals surface area contributed by atoms with Crippen LogP contribution in [-0.2, 0) is 17.9 Å². The number of ether oxygens (including phenoxy) is 1. The number of hydrogen-bond acceptors (Lipinski definition) is 2. The van der Waals surface area contributed by atoms with E-state index < -0.39 is 0 Å². The maximum atomic E-state index is 13.3. The first-order valence-electron chi connectivity index (χ1n) is 11.5. The van der Waals surface area contributed by atoms with Crippen LogP contribution >= 0.6 is 0 Å². The lowest BCUT2D eigenvalue weighted by Gasteiger charge is -2.34. The molecule has 0 unspecified atom stereocenters. The van der Waals surface area contributed by atoms with Gasteiger partial charge in [0, 0.05) is 30.6 Å². The van der Waals surface area contributed by atoms with Crippen LogP contribution in [-0.4, -0.2) is 28.5 Å². The minimum atomic E-state index is 0.0925. The molecular formula is C28H32N2O2. The standard InChI is InChI=1S/C28H32N2O2/c1-32-27-16-8-12-24(20-27)21-29-19-9-15-26(29)22-30(25-13-6-3-7-14-25)28(31)18-17-23-10-4-2-5-11-23/h2,4-5,8-12,15-20,25H,3,6-7,13-14,21-22H2,1H3. The van der Waals surface area contributed by atoms with E-state index in [1.807, 2.05) is 48.5 Å². The van der Waals surface area contributed by atoms with Crippen molar-refractivity contribution in [3.63, 3.8) is 0 Å². The molecule has 166 valence electrons. The lowest BCUT2D eigenvalue weighted by atomic mass is 9.94. The smallest absolute Gasteiger partial charge is 0.247 e. The molecule has 0 atom stereocenters. The van der Waals surface area contributed by atoms with E-state index in [9.17, 15) is 4.79 Å². The van der Waals surface area contributed by atoms with Crippen molar-refractivity contribution in [1.82, 2.24) is 9.47 Å². The summed E-state index contributed by atoms with van der Waals surface area (Å²) in [6.45, 7) is 1.38. The zero-order chi connectivity index (χ0) is 22.2. The van der Waals surface area contributed by atoms with E-state index in [1.54, 1.807) is 13.2 Å². The number of rotatable bonds is 8. The monoisotopic (exact) mass is 428 g/mol. The first-order valence-corrected chi connectivity index (χ1v) is 11.5. The molecule has 4 heteroatoms. The van der Waals surface area contributed by atoms with Crippen LogP contribution in [0.1, 0.15) is 48.9 Å². The van der Waals surface area contributed by atoms with Crippen molar-refractivity contribution in [2.45, 2.75) is 51.2 Å². The summed E-state index contributed by atoms with van der Waals surface area (Å²) in [6.07, 6.45) is 11.6. The summed E-state index contributed by atoms with van der Waals surface area (Å²) in [6, 6.07) is 22.7. The number of hydrogen-bond donors (Lipinski definition) is 0. The van der Waals surface area contributed by atoms with Gasteiger partial charge in [-0.3, -0.25) is 4.79 Å². The summed E-state index contributed by atoms with van der Waals surface area (Å²) in [5.41, 5.74) is 3.38. The van der Waals surface area contributed by atoms with Crippen LogP contribution in [0.3, 0.4) is 0 Å². The van der Waals surface area contributed by atoms with Crippen molar-refractivity contribution in [2.75, 3.05) is 7.11 Å². The van der Waals surface area contributed by atoms with Gasteiger partial charge < -0.3 is 14.2 Å². The molecule has 4 rings (SSSR count). The number of aromatic nitrogens is 1. The lowest BCUT2D eigenvalue weighted by Crippen LogP contribution is -2.40. The van der Waals surface area contributed by atoms with Crippen molar-refractivity contribution in [1.29, 1.82) is 0 Å². The first kappa shape index (κ1) is 21.9. The van der Waals surface area contributed by atoms with Gasteiger partial charge in [-0.2, -0.15) is 0 Å². The molecule has 0 N–H and O–H groups in total. The Morgan fingerprint density at radius 2 is 1.84 bits per heavy atom. The molecule has 0 spiro atoms. The number of methoxy groups -OCH3 is 1. The van der Waals surface area contributed by atoms with Gasteiger partial charge in [-0.25, -0.2) is 0 Å². The van der Waals surface area contributed by atoms with E-state index in [2.05, 4.69) is 39.9 Å². The third kappa shape index (κ3) is 5.70. The fraction of sp³-hybridized carbons (Fsp3) is 0.321. The zero-order valence-electron chi connectivity index (χ0n) is 18.8. The van der Waals surface area contributed by atoms with Gasteiger partial charge >= 0.3 is 0 Å². The second kappa shape index (κ2) is 10.9. The molecule has 0 bridgehead atoms. The minimum Gasteiger partial charge on any atom is -0.497 e. The zero-order valence-corrected chi connectivity index (χ0v) is 18.8. The molecule has 0 saturated heterocycles. The quantitative estimate of drug-likeness (QED) is 0.417. The van der Waals surface area contributed by atoms with Crippen molar-refractivity contribution < 1.29 is 9.53 Å². The van der Waals surface area contributed by atoms with Crippen molar-refractivity contribution in [2.24, 2.45) is 0 Å². The van der Waals surface area contributed by atoms with E-state index in [-0.39, 0.29) is 5.91 Å². The van der Waals surface area contributed by atoms with Gasteiger partial charge in [-0.1, -0.05) is 61.7 Å². The highest BCUT2D eigenvalue weighted by Gasteiger charge is 2.25. The predicted molar refractivity (Wildman–Crippen MR) is 129 cm³/mol. The van der Waals surface area contributed by atoms with Gasteiger partial charge in [0.25, 0.3) is 0 Å². The molecule has 4 nitrogen and oxygen atoms in total. The number of carbonyl (C=O) groups excluding carboxylic acids is 1. The third-order valence-corrected chi connectivity index (χ3v) is 6.26. The fourth-order valence-electron chi connectivity index (χ4n) is 4.50. The fourth-order valence-corrected chi connectivity index (χ4v) is 4.50. The Bertz CT molecular complexity index is 1030. The van der Waals surface area contributed by atoms with Crippen molar-refractivity contribution in [3.05, 3.63) is 95.8 Å².